The van der Waals surface area contributed by atoms with Crippen LogP contribution >= 0.6 is 15.9 Å². The van der Waals surface area contributed by atoms with E-state index >= 15 is 0 Å². The predicted molar refractivity (Wildman–Crippen MR) is 140 cm³/mol. The van der Waals surface area contributed by atoms with E-state index in [1.54, 1.807) is 24.0 Å². The summed E-state index contributed by atoms with van der Waals surface area (Å²) in [7, 11) is 0. The summed E-state index contributed by atoms with van der Waals surface area (Å²) in [4.78, 5) is 31.9. The lowest BCUT2D eigenvalue weighted by molar-refractivity contribution is -0.130. The number of halogens is 2. The lowest BCUT2D eigenvalue weighted by Gasteiger charge is -2.22. The number of carbonyl (C=O) groups excluding carboxylic acids is 2. The quantitative estimate of drug-likeness (QED) is 0.353. The summed E-state index contributed by atoms with van der Waals surface area (Å²) in [5.41, 5.74) is 3.30. The molecule has 10 heteroatoms. The molecule has 0 aliphatic carbocycles. The number of ether oxygens (including phenoxy) is 1. The highest BCUT2D eigenvalue weighted by Gasteiger charge is 2.41. The van der Waals surface area contributed by atoms with Gasteiger partial charge in [-0.2, -0.15) is 4.80 Å². The summed E-state index contributed by atoms with van der Waals surface area (Å²) in [6.07, 6.45) is 0.604. The minimum atomic E-state index is -0.778. The highest BCUT2D eigenvalue weighted by molar-refractivity contribution is 9.10. The molecule has 2 aliphatic rings. The number of nitrogens with zero attached hydrogens (tertiary/aromatic N) is 5. The zero-order valence-corrected chi connectivity index (χ0v) is 21.8. The molecule has 0 N–H and O–H groups in total. The van der Waals surface area contributed by atoms with Crippen molar-refractivity contribution in [3.8, 4) is 16.9 Å². The lowest BCUT2D eigenvalue weighted by atomic mass is 10.1. The fourth-order valence-electron chi connectivity index (χ4n) is 4.61. The number of fused-ring (bicyclic) bond motifs is 1. The van der Waals surface area contributed by atoms with Crippen LogP contribution in [0.25, 0.3) is 23.0 Å². The van der Waals surface area contributed by atoms with Gasteiger partial charge in [0.1, 0.15) is 23.3 Å². The Hall–Kier alpha value is -4.02. The van der Waals surface area contributed by atoms with Gasteiger partial charge in [-0.1, -0.05) is 22.0 Å². The Kier molecular flexibility index (Phi) is 6.21. The molecule has 0 bridgehead atoms. The van der Waals surface area contributed by atoms with E-state index in [0.717, 1.165) is 20.9 Å². The molecule has 38 heavy (non-hydrogen) atoms. The molecule has 0 saturated carbocycles. The van der Waals surface area contributed by atoms with E-state index in [2.05, 4.69) is 20.9 Å². The summed E-state index contributed by atoms with van der Waals surface area (Å²) in [6.45, 7) is 2.08. The largest absolute Gasteiger partial charge is 0.339 e. The van der Waals surface area contributed by atoms with Gasteiger partial charge in [0.25, 0.3) is 11.8 Å². The van der Waals surface area contributed by atoms with E-state index in [0.29, 0.717) is 35.3 Å². The molecule has 2 atom stereocenters. The van der Waals surface area contributed by atoms with Crippen LogP contribution in [0.3, 0.4) is 0 Å². The van der Waals surface area contributed by atoms with Crippen LogP contribution in [0.2, 0.25) is 0 Å². The first kappa shape index (κ1) is 24.3. The Balaban J connectivity index is 1.36. The van der Waals surface area contributed by atoms with E-state index in [1.165, 1.54) is 23.0 Å². The van der Waals surface area contributed by atoms with Crippen LogP contribution in [0.5, 0.6) is 0 Å². The second kappa shape index (κ2) is 9.70. The van der Waals surface area contributed by atoms with Gasteiger partial charge in [-0.25, -0.2) is 9.38 Å². The third-order valence-electron chi connectivity index (χ3n) is 6.54. The molecule has 2 amide bonds. The number of amides is 2. The first-order chi connectivity index (χ1) is 18.4. The van der Waals surface area contributed by atoms with Crippen LogP contribution in [-0.4, -0.2) is 44.4 Å². The minimum Gasteiger partial charge on any atom is -0.339 e. The Morgan fingerprint density at radius 3 is 2.53 bits per heavy atom. The molecule has 1 aromatic heterocycles. The highest BCUT2D eigenvalue weighted by Crippen LogP contribution is 2.36. The van der Waals surface area contributed by atoms with Crippen molar-refractivity contribution in [2.45, 2.75) is 25.7 Å². The molecule has 3 heterocycles. The number of carbonyl (C=O) groups is 2. The van der Waals surface area contributed by atoms with Crippen molar-refractivity contribution in [3.05, 3.63) is 98.9 Å². The molecule has 2 aliphatic heterocycles. The Morgan fingerprint density at radius 2 is 1.76 bits per heavy atom. The SMILES string of the molecule is C[C@@H]1O[C@@H](c2nn(-c3ccc(Br)cc3)nc2-c2ccc(F)cc2)N(CCc2ccc3c(c2)=CC(=O)N=3)C1=O. The van der Waals surface area contributed by atoms with Gasteiger partial charge in [0.05, 0.1) is 11.0 Å². The third-order valence-corrected chi connectivity index (χ3v) is 7.07. The van der Waals surface area contributed by atoms with Crippen LogP contribution in [-0.2, 0) is 20.7 Å². The molecule has 6 rings (SSSR count). The molecule has 3 aromatic carbocycles. The fourth-order valence-corrected chi connectivity index (χ4v) is 4.88. The summed E-state index contributed by atoms with van der Waals surface area (Å²) in [5, 5.41) is 10.9. The molecule has 190 valence electrons. The third kappa shape index (κ3) is 4.57. The molecular weight excluding hydrogens is 553 g/mol. The highest BCUT2D eigenvalue weighted by atomic mass is 79.9. The number of benzene rings is 3. The number of rotatable bonds is 6. The first-order valence-electron chi connectivity index (χ1n) is 12.0. The van der Waals surface area contributed by atoms with Crippen molar-refractivity contribution in [1.29, 1.82) is 0 Å². The predicted octanol–water partition coefficient (Wildman–Crippen LogP) is 3.26. The monoisotopic (exact) mass is 573 g/mol. The summed E-state index contributed by atoms with van der Waals surface area (Å²) in [6, 6.07) is 19.1. The van der Waals surface area contributed by atoms with Crippen molar-refractivity contribution in [2.24, 2.45) is 4.99 Å². The van der Waals surface area contributed by atoms with Crippen LogP contribution in [0.15, 0.2) is 76.2 Å². The van der Waals surface area contributed by atoms with E-state index in [4.69, 9.17) is 14.9 Å². The first-order valence-corrected chi connectivity index (χ1v) is 12.8. The minimum absolute atomic E-state index is 0.156. The molecule has 0 spiro atoms. The molecule has 4 aromatic rings. The molecular formula is C28H21BrFN5O3. The maximum Gasteiger partial charge on any atom is 0.270 e. The Labute approximate surface area is 225 Å². The average Bonchev–Trinajstić information content (AvgIpc) is 3.58. The summed E-state index contributed by atoms with van der Waals surface area (Å²) < 4.78 is 20.7. The molecule has 0 radical (unpaired) electrons. The van der Waals surface area contributed by atoms with E-state index in [1.807, 2.05) is 42.5 Å². The van der Waals surface area contributed by atoms with Gasteiger partial charge in [0.2, 0.25) is 0 Å². The van der Waals surface area contributed by atoms with Crippen molar-refractivity contribution >= 4 is 33.8 Å². The number of hydrogen-bond acceptors (Lipinski definition) is 5. The number of aromatic nitrogens is 3. The van der Waals surface area contributed by atoms with Crippen molar-refractivity contribution < 1.29 is 18.7 Å². The van der Waals surface area contributed by atoms with Gasteiger partial charge in [0, 0.05) is 27.9 Å². The smallest absolute Gasteiger partial charge is 0.270 e. The molecule has 1 saturated heterocycles. The summed E-state index contributed by atoms with van der Waals surface area (Å²) in [5.74, 6) is -0.785. The van der Waals surface area contributed by atoms with E-state index in [-0.39, 0.29) is 17.6 Å². The maximum atomic E-state index is 13.7. The number of hydrogen-bond donors (Lipinski definition) is 0. The van der Waals surface area contributed by atoms with Crippen molar-refractivity contribution in [3.63, 3.8) is 0 Å². The van der Waals surface area contributed by atoms with Gasteiger partial charge in [0.15, 0.2) is 6.23 Å². The van der Waals surface area contributed by atoms with Crippen LogP contribution in [0.1, 0.15) is 24.4 Å². The fraction of sp³-hybridized carbons (Fsp3) is 0.179. The molecule has 1 fully saturated rings. The van der Waals surface area contributed by atoms with Gasteiger partial charge >= 0.3 is 0 Å². The van der Waals surface area contributed by atoms with Gasteiger partial charge in [-0.3, -0.25) is 9.59 Å². The Morgan fingerprint density at radius 1 is 1.00 bits per heavy atom. The van der Waals surface area contributed by atoms with Gasteiger partial charge in [-0.15, -0.1) is 10.2 Å². The maximum absolute atomic E-state index is 13.7. The van der Waals surface area contributed by atoms with Crippen LogP contribution in [0, 0.1) is 5.82 Å². The molecule has 0 unspecified atom stereocenters. The van der Waals surface area contributed by atoms with Gasteiger partial charge in [-0.05, 0) is 79.6 Å². The second-order valence-corrected chi connectivity index (χ2v) is 10.0. The summed E-state index contributed by atoms with van der Waals surface area (Å²) >= 11 is 3.44. The average molecular weight is 574 g/mol. The Bertz CT molecular complexity index is 1690. The van der Waals surface area contributed by atoms with Crippen LogP contribution < -0.4 is 10.6 Å². The normalized spacial score (nSPS) is 18.4. The van der Waals surface area contributed by atoms with Crippen molar-refractivity contribution in [2.75, 3.05) is 6.54 Å². The molecule has 8 nitrogen and oxygen atoms in total. The lowest BCUT2D eigenvalue weighted by Crippen LogP contribution is -2.33. The zero-order valence-electron chi connectivity index (χ0n) is 20.2. The van der Waals surface area contributed by atoms with E-state index in [9.17, 15) is 14.0 Å². The zero-order chi connectivity index (χ0) is 26.4. The van der Waals surface area contributed by atoms with Gasteiger partial charge < -0.3 is 9.64 Å². The topological polar surface area (TPSA) is 89.7 Å². The standard InChI is InChI=1S/C28H21BrFN5O3/c1-16-27(37)34(13-12-17-2-11-23-19(14-17)15-24(36)31-23)28(38-16)26-25(18-3-7-21(30)8-4-18)32-35(33-26)22-9-5-20(29)6-10-22/h2-11,14-16,28H,12-13H2,1H3/t16-,28-/m0/s1. The van der Waals surface area contributed by atoms with Crippen molar-refractivity contribution in [1.82, 2.24) is 19.9 Å². The second-order valence-electron chi connectivity index (χ2n) is 9.11. The van der Waals surface area contributed by atoms with E-state index < -0.39 is 12.3 Å². The van der Waals surface area contributed by atoms with Crippen LogP contribution in [0.4, 0.5) is 4.39 Å².